The van der Waals surface area contributed by atoms with Crippen LogP contribution in [0.2, 0.25) is 0 Å². The summed E-state index contributed by atoms with van der Waals surface area (Å²) in [6.45, 7) is 0.463. The zero-order valence-electron chi connectivity index (χ0n) is 11.7. The van der Waals surface area contributed by atoms with E-state index in [1.165, 1.54) is 24.3 Å². The number of carbonyl (C=O) groups is 2. The zero-order chi connectivity index (χ0) is 16.9. The molecule has 0 saturated heterocycles. The van der Waals surface area contributed by atoms with Crippen LogP contribution in [0.1, 0.15) is 12.5 Å². The fourth-order valence-corrected chi connectivity index (χ4v) is 1.41. The number of aliphatic hydroxyl groups excluding tert-OH is 1. The zero-order valence-corrected chi connectivity index (χ0v) is 11.7. The summed E-state index contributed by atoms with van der Waals surface area (Å²) < 4.78 is 0. The number of amides is 1. The lowest BCUT2D eigenvalue weighted by molar-refractivity contribution is -0.168. The Labute approximate surface area is 126 Å². The molecule has 0 saturated carbocycles. The van der Waals surface area contributed by atoms with Crippen LogP contribution in [0.25, 0.3) is 6.08 Å². The third-order valence-corrected chi connectivity index (χ3v) is 2.98. The molecule has 0 aromatic heterocycles. The van der Waals surface area contributed by atoms with E-state index >= 15 is 0 Å². The first-order valence-corrected chi connectivity index (χ1v) is 6.26. The van der Waals surface area contributed by atoms with Crippen molar-refractivity contribution >= 4 is 18.0 Å². The lowest BCUT2D eigenvalue weighted by atomic mass is 9.99. The van der Waals surface area contributed by atoms with Gasteiger partial charge in [-0.05, 0) is 30.7 Å². The van der Waals surface area contributed by atoms with Crippen molar-refractivity contribution < 1.29 is 35.1 Å². The number of hydrogen-bond acceptors (Lipinski definition) is 6. The van der Waals surface area contributed by atoms with Crippen LogP contribution in [0.15, 0.2) is 24.3 Å². The second kappa shape index (κ2) is 6.92. The Kier molecular flexibility index (Phi) is 5.50. The molecule has 22 heavy (non-hydrogen) atoms. The van der Waals surface area contributed by atoms with Crippen LogP contribution in [0, 0.1) is 0 Å². The molecular weight excluding hydrogens is 294 g/mol. The number of phenols is 2. The minimum atomic E-state index is -2.38. The van der Waals surface area contributed by atoms with Crippen molar-refractivity contribution in [2.24, 2.45) is 0 Å². The Bertz CT molecular complexity index is 595. The average Bonchev–Trinajstić information content (AvgIpc) is 2.45. The molecular formula is C14H17NO7. The maximum atomic E-state index is 11.5. The van der Waals surface area contributed by atoms with E-state index < -0.39 is 30.1 Å². The van der Waals surface area contributed by atoms with Gasteiger partial charge in [0.1, 0.15) is 6.10 Å². The summed E-state index contributed by atoms with van der Waals surface area (Å²) in [5.74, 6) is -2.87. The van der Waals surface area contributed by atoms with Gasteiger partial charge >= 0.3 is 5.97 Å². The Balaban J connectivity index is 2.58. The normalized spacial score (nSPS) is 15.2. The van der Waals surface area contributed by atoms with Crippen LogP contribution in [-0.4, -0.2) is 55.7 Å². The summed E-state index contributed by atoms with van der Waals surface area (Å²) in [4.78, 5) is 22.2. The summed E-state index contributed by atoms with van der Waals surface area (Å²) in [5.41, 5.74) is -1.93. The molecule has 0 fully saturated rings. The van der Waals surface area contributed by atoms with Crippen molar-refractivity contribution in [1.82, 2.24) is 5.32 Å². The number of hydrogen-bond donors (Lipinski definition) is 6. The Morgan fingerprint density at radius 3 is 2.50 bits per heavy atom. The van der Waals surface area contributed by atoms with Crippen molar-refractivity contribution in [3.8, 4) is 11.5 Å². The monoisotopic (exact) mass is 311 g/mol. The van der Waals surface area contributed by atoms with Gasteiger partial charge in [0.25, 0.3) is 0 Å². The molecule has 0 unspecified atom stereocenters. The first-order chi connectivity index (χ1) is 10.1. The van der Waals surface area contributed by atoms with Gasteiger partial charge in [0.05, 0.1) is 0 Å². The van der Waals surface area contributed by atoms with Crippen molar-refractivity contribution in [2.45, 2.75) is 18.6 Å². The lowest BCUT2D eigenvalue weighted by Crippen LogP contribution is -2.51. The number of rotatable bonds is 6. The standard InChI is InChI=1S/C14H17NO7/c1-14(22,13(20)21)11(18)7-15-12(19)5-3-8-2-4-9(16)10(17)6-8/h2-6,11,16-18,22H,7H2,1H3,(H,15,19)(H,20,21)/b5-3+/t11-,14+/m0/s1. The minimum Gasteiger partial charge on any atom is -0.504 e. The van der Waals surface area contributed by atoms with Gasteiger partial charge in [0.2, 0.25) is 5.91 Å². The molecule has 1 aromatic carbocycles. The van der Waals surface area contributed by atoms with Crippen molar-refractivity contribution in [1.29, 1.82) is 0 Å². The molecule has 8 heteroatoms. The van der Waals surface area contributed by atoms with Gasteiger partial charge < -0.3 is 30.8 Å². The highest BCUT2D eigenvalue weighted by Crippen LogP contribution is 2.25. The first kappa shape index (κ1) is 17.5. The molecule has 0 radical (unpaired) electrons. The Morgan fingerprint density at radius 1 is 1.32 bits per heavy atom. The summed E-state index contributed by atoms with van der Waals surface area (Å²) in [5, 5.41) is 48.3. The number of aliphatic hydroxyl groups is 2. The molecule has 2 atom stereocenters. The van der Waals surface area contributed by atoms with E-state index in [-0.39, 0.29) is 11.5 Å². The van der Waals surface area contributed by atoms with Crippen LogP contribution in [0.5, 0.6) is 11.5 Å². The number of aromatic hydroxyl groups is 2. The number of carboxylic acids is 1. The Morgan fingerprint density at radius 2 is 1.95 bits per heavy atom. The smallest absolute Gasteiger partial charge is 0.338 e. The maximum absolute atomic E-state index is 11.5. The van der Waals surface area contributed by atoms with Gasteiger partial charge in [-0.2, -0.15) is 0 Å². The van der Waals surface area contributed by atoms with E-state index in [9.17, 15) is 24.9 Å². The molecule has 0 aliphatic rings. The van der Waals surface area contributed by atoms with Crippen molar-refractivity contribution in [3.63, 3.8) is 0 Å². The summed E-state index contributed by atoms with van der Waals surface area (Å²) >= 11 is 0. The first-order valence-electron chi connectivity index (χ1n) is 6.26. The molecule has 8 nitrogen and oxygen atoms in total. The van der Waals surface area contributed by atoms with Gasteiger partial charge in [-0.15, -0.1) is 0 Å². The molecule has 1 amide bonds. The van der Waals surface area contributed by atoms with Crippen LogP contribution in [0.3, 0.4) is 0 Å². The van der Waals surface area contributed by atoms with E-state index in [1.54, 1.807) is 0 Å². The number of phenolic OH excluding ortho intramolecular Hbond substituents is 2. The van der Waals surface area contributed by atoms with E-state index in [4.69, 9.17) is 10.2 Å². The molecule has 0 aliphatic heterocycles. The third-order valence-electron chi connectivity index (χ3n) is 2.98. The second-order valence-electron chi connectivity index (χ2n) is 4.80. The van der Waals surface area contributed by atoms with Gasteiger partial charge in [0.15, 0.2) is 17.1 Å². The molecule has 1 aromatic rings. The van der Waals surface area contributed by atoms with Crippen LogP contribution in [0.4, 0.5) is 0 Å². The highest BCUT2D eigenvalue weighted by molar-refractivity contribution is 5.91. The summed E-state index contributed by atoms with van der Waals surface area (Å²) in [7, 11) is 0. The number of carbonyl (C=O) groups excluding carboxylic acids is 1. The predicted octanol–water partition coefficient (Wildman–Crippen LogP) is -0.576. The van der Waals surface area contributed by atoms with E-state index in [0.717, 1.165) is 13.0 Å². The lowest BCUT2D eigenvalue weighted by Gasteiger charge is -2.24. The van der Waals surface area contributed by atoms with E-state index in [1.807, 2.05) is 0 Å². The molecule has 0 bridgehead atoms. The Hall–Kier alpha value is -2.58. The minimum absolute atomic E-state index is 0.291. The van der Waals surface area contributed by atoms with Gasteiger partial charge in [-0.3, -0.25) is 4.79 Å². The number of benzene rings is 1. The second-order valence-corrected chi connectivity index (χ2v) is 4.80. The number of nitrogens with one attached hydrogen (secondary N) is 1. The number of aliphatic carboxylic acids is 1. The topological polar surface area (TPSA) is 147 Å². The highest BCUT2D eigenvalue weighted by atomic mass is 16.4. The molecule has 0 spiro atoms. The fourth-order valence-electron chi connectivity index (χ4n) is 1.41. The highest BCUT2D eigenvalue weighted by Gasteiger charge is 2.38. The average molecular weight is 311 g/mol. The largest absolute Gasteiger partial charge is 0.504 e. The van der Waals surface area contributed by atoms with Gasteiger partial charge in [-0.25, -0.2) is 4.79 Å². The maximum Gasteiger partial charge on any atom is 0.338 e. The van der Waals surface area contributed by atoms with Gasteiger partial charge in [0, 0.05) is 12.6 Å². The summed E-state index contributed by atoms with van der Waals surface area (Å²) in [6.07, 6.45) is 0.754. The van der Waals surface area contributed by atoms with Crippen LogP contribution in [-0.2, 0) is 9.59 Å². The molecule has 0 aliphatic carbocycles. The van der Waals surface area contributed by atoms with Crippen molar-refractivity contribution in [2.75, 3.05) is 6.54 Å². The summed E-state index contributed by atoms with van der Waals surface area (Å²) in [6, 6.07) is 3.95. The third kappa shape index (κ3) is 4.47. The SMILES string of the molecule is C[C@](O)(C(=O)O)[C@@H](O)CNC(=O)/C=C/c1ccc(O)c(O)c1. The van der Waals surface area contributed by atoms with Crippen LogP contribution < -0.4 is 5.32 Å². The van der Waals surface area contributed by atoms with Crippen molar-refractivity contribution in [3.05, 3.63) is 29.8 Å². The van der Waals surface area contributed by atoms with E-state index in [2.05, 4.69) is 5.32 Å². The molecule has 0 heterocycles. The molecule has 120 valence electrons. The fraction of sp³-hybridized carbons (Fsp3) is 0.286. The van der Waals surface area contributed by atoms with Gasteiger partial charge in [-0.1, -0.05) is 6.07 Å². The molecule has 6 N–H and O–H groups in total. The predicted molar refractivity (Wildman–Crippen MR) is 76.1 cm³/mol. The number of carboxylic acid groups (broad SMARTS) is 1. The van der Waals surface area contributed by atoms with Crippen LogP contribution >= 0.6 is 0 Å². The quantitative estimate of drug-likeness (QED) is 0.304. The van der Waals surface area contributed by atoms with E-state index in [0.29, 0.717) is 5.56 Å². The molecule has 1 rings (SSSR count).